The van der Waals surface area contributed by atoms with Gasteiger partial charge in [0.2, 0.25) is 0 Å². The van der Waals surface area contributed by atoms with Crippen LogP contribution in [0.25, 0.3) is 11.1 Å². The molecule has 0 spiro atoms. The molecular formula is C13H14ClN3OS. The van der Waals surface area contributed by atoms with Crippen molar-refractivity contribution in [3.63, 3.8) is 0 Å². The van der Waals surface area contributed by atoms with Gasteiger partial charge < -0.3 is 10.6 Å². The number of hydrogen-bond acceptors (Lipinski definition) is 3. The van der Waals surface area contributed by atoms with Crippen LogP contribution in [0.3, 0.4) is 0 Å². The van der Waals surface area contributed by atoms with Crippen LogP contribution < -0.4 is 10.6 Å². The summed E-state index contributed by atoms with van der Waals surface area (Å²) in [5.74, 6) is 0.405. The van der Waals surface area contributed by atoms with Crippen molar-refractivity contribution in [1.29, 1.82) is 0 Å². The molecule has 0 aromatic carbocycles. The zero-order valence-electron chi connectivity index (χ0n) is 10.2. The maximum Gasteiger partial charge on any atom is 0.315 e. The average Bonchev–Trinajstić information content (AvgIpc) is 2.97. The van der Waals surface area contributed by atoms with E-state index in [1.54, 1.807) is 17.5 Å². The normalized spacial score (nSPS) is 10.2. The fourth-order valence-corrected chi connectivity index (χ4v) is 2.34. The predicted molar refractivity (Wildman–Crippen MR) is 78.5 cm³/mol. The summed E-state index contributed by atoms with van der Waals surface area (Å²) in [6.45, 7) is 0.902. The number of halogens is 1. The van der Waals surface area contributed by atoms with E-state index in [1.165, 1.54) is 0 Å². The van der Waals surface area contributed by atoms with Gasteiger partial charge in [0.15, 0.2) is 0 Å². The van der Waals surface area contributed by atoms with Gasteiger partial charge in [0.05, 0.1) is 0 Å². The average molecular weight is 296 g/mol. The minimum atomic E-state index is -0.221. The predicted octanol–water partition coefficient (Wildman–Crippen LogP) is 2.85. The highest BCUT2D eigenvalue weighted by atomic mass is 35.5. The summed E-state index contributed by atoms with van der Waals surface area (Å²) in [5, 5.41) is 9.50. The highest BCUT2D eigenvalue weighted by Crippen LogP contribution is 2.21. The molecule has 2 aromatic heterocycles. The van der Waals surface area contributed by atoms with E-state index in [1.807, 2.05) is 23.7 Å². The van der Waals surface area contributed by atoms with Crippen molar-refractivity contribution in [2.45, 2.75) is 6.54 Å². The topological polar surface area (TPSA) is 54.0 Å². The molecule has 0 aliphatic rings. The van der Waals surface area contributed by atoms with Gasteiger partial charge in [0, 0.05) is 36.9 Å². The van der Waals surface area contributed by atoms with Gasteiger partial charge in [0.1, 0.15) is 0 Å². The van der Waals surface area contributed by atoms with Gasteiger partial charge in [-0.25, -0.2) is 4.79 Å². The summed E-state index contributed by atoms with van der Waals surface area (Å²) in [5.41, 5.74) is 3.16. The lowest BCUT2D eigenvalue weighted by Gasteiger charge is -2.07. The van der Waals surface area contributed by atoms with E-state index < -0.39 is 0 Å². The Hall–Kier alpha value is -1.59. The summed E-state index contributed by atoms with van der Waals surface area (Å²) in [6.07, 6.45) is 3.57. The van der Waals surface area contributed by atoms with E-state index in [0.717, 1.165) is 16.7 Å². The Balaban J connectivity index is 1.94. The molecule has 100 valence electrons. The molecule has 0 aliphatic carbocycles. The smallest absolute Gasteiger partial charge is 0.315 e. The first kappa shape index (κ1) is 13.8. The number of nitrogens with zero attached hydrogens (tertiary/aromatic N) is 1. The molecule has 2 aromatic rings. The van der Waals surface area contributed by atoms with Crippen LogP contribution in [-0.4, -0.2) is 23.4 Å². The van der Waals surface area contributed by atoms with E-state index in [-0.39, 0.29) is 6.03 Å². The number of thiophene rings is 1. The lowest BCUT2D eigenvalue weighted by atomic mass is 10.1. The Morgan fingerprint density at radius 3 is 2.95 bits per heavy atom. The van der Waals surface area contributed by atoms with Crippen molar-refractivity contribution < 1.29 is 4.79 Å². The molecular weight excluding hydrogens is 282 g/mol. The zero-order chi connectivity index (χ0) is 13.5. The highest BCUT2D eigenvalue weighted by Gasteiger charge is 2.03. The van der Waals surface area contributed by atoms with E-state index in [2.05, 4.69) is 21.0 Å². The summed E-state index contributed by atoms with van der Waals surface area (Å²) in [6, 6.07) is 3.85. The fraction of sp³-hybridized carbons (Fsp3) is 0.231. The number of alkyl halides is 1. The largest absolute Gasteiger partial charge is 0.337 e. The molecule has 0 aliphatic heterocycles. The van der Waals surface area contributed by atoms with Crippen molar-refractivity contribution in [3.8, 4) is 11.1 Å². The molecule has 4 nitrogen and oxygen atoms in total. The Morgan fingerprint density at radius 2 is 2.21 bits per heavy atom. The molecule has 0 atom stereocenters. The molecule has 19 heavy (non-hydrogen) atoms. The van der Waals surface area contributed by atoms with Crippen molar-refractivity contribution in [2.24, 2.45) is 0 Å². The van der Waals surface area contributed by atoms with Crippen molar-refractivity contribution in [1.82, 2.24) is 15.6 Å². The minimum absolute atomic E-state index is 0.221. The lowest BCUT2D eigenvalue weighted by Crippen LogP contribution is -2.36. The molecule has 2 heterocycles. The van der Waals surface area contributed by atoms with Gasteiger partial charge in [0.25, 0.3) is 0 Å². The van der Waals surface area contributed by atoms with Crippen LogP contribution >= 0.6 is 22.9 Å². The monoisotopic (exact) mass is 295 g/mol. The number of amides is 2. The molecule has 2 rings (SSSR count). The molecule has 0 unspecified atom stereocenters. The number of hydrogen-bond donors (Lipinski definition) is 2. The van der Waals surface area contributed by atoms with Crippen LogP contribution in [0.1, 0.15) is 5.56 Å². The summed E-state index contributed by atoms with van der Waals surface area (Å²) in [4.78, 5) is 15.6. The molecule has 0 saturated heterocycles. The Bertz CT molecular complexity index is 530. The number of pyridine rings is 1. The molecule has 0 fully saturated rings. The van der Waals surface area contributed by atoms with Crippen molar-refractivity contribution in [2.75, 3.05) is 12.4 Å². The number of nitrogens with one attached hydrogen (secondary N) is 2. The molecule has 6 heteroatoms. The van der Waals surface area contributed by atoms with Crippen LogP contribution in [-0.2, 0) is 6.54 Å². The van der Waals surface area contributed by atoms with Crippen LogP contribution in [0.2, 0.25) is 0 Å². The van der Waals surface area contributed by atoms with Gasteiger partial charge in [-0.1, -0.05) is 0 Å². The minimum Gasteiger partial charge on any atom is -0.337 e. The molecule has 2 N–H and O–H groups in total. The fourth-order valence-electron chi connectivity index (χ4n) is 1.58. The maximum atomic E-state index is 11.4. The highest BCUT2D eigenvalue weighted by molar-refractivity contribution is 7.08. The standard InChI is InChI=1S/C13H14ClN3OS/c14-2-3-16-13(18)17-7-10-5-12(8-15-6-10)11-1-4-19-9-11/h1,4-6,8-9H,2-3,7H2,(H2,16,17,18). The molecule has 0 saturated carbocycles. The quantitative estimate of drug-likeness (QED) is 0.834. The number of aromatic nitrogens is 1. The number of rotatable bonds is 5. The van der Waals surface area contributed by atoms with E-state index in [9.17, 15) is 4.79 Å². The van der Waals surface area contributed by atoms with Gasteiger partial charge in [-0.2, -0.15) is 11.3 Å². The first-order valence-corrected chi connectivity index (χ1v) is 7.31. The van der Waals surface area contributed by atoms with Gasteiger partial charge in [-0.3, -0.25) is 4.98 Å². The first-order chi connectivity index (χ1) is 9.29. The first-order valence-electron chi connectivity index (χ1n) is 5.84. The summed E-state index contributed by atoms with van der Waals surface area (Å²) < 4.78 is 0. The number of carbonyl (C=O) groups excluding carboxylic acids is 1. The Morgan fingerprint density at radius 1 is 1.32 bits per heavy atom. The van der Waals surface area contributed by atoms with Gasteiger partial charge >= 0.3 is 6.03 Å². The Labute approximate surface area is 120 Å². The third-order valence-electron chi connectivity index (χ3n) is 2.48. The van der Waals surface area contributed by atoms with Crippen molar-refractivity contribution in [3.05, 3.63) is 40.8 Å². The van der Waals surface area contributed by atoms with Crippen LogP contribution in [0, 0.1) is 0 Å². The lowest BCUT2D eigenvalue weighted by molar-refractivity contribution is 0.241. The third-order valence-corrected chi connectivity index (χ3v) is 3.35. The van der Waals surface area contributed by atoms with Gasteiger partial charge in [-0.05, 0) is 34.0 Å². The maximum absolute atomic E-state index is 11.4. The third kappa shape index (κ3) is 4.22. The number of carbonyl (C=O) groups is 1. The second-order valence-corrected chi connectivity index (χ2v) is 5.05. The van der Waals surface area contributed by atoms with Crippen LogP contribution in [0.5, 0.6) is 0 Å². The SMILES string of the molecule is O=C(NCCCl)NCc1cncc(-c2ccsc2)c1. The van der Waals surface area contributed by atoms with E-state index >= 15 is 0 Å². The summed E-state index contributed by atoms with van der Waals surface area (Å²) >= 11 is 7.14. The van der Waals surface area contributed by atoms with E-state index in [4.69, 9.17) is 11.6 Å². The van der Waals surface area contributed by atoms with Crippen LogP contribution in [0.4, 0.5) is 4.79 Å². The second-order valence-electron chi connectivity index (χ2n) is 3.89. The molecule has 0 bridgehead atoms. The van der Waals surface area contributed by atoms with Crippen molar-refractivity contribution >= 4 is 29.0 Å². The molecule has 0 radical (unpaired) electrons. The summed E-state index contributed by atoms with van der Waals surface area (Å²) in [7, 11) is 0. The van der Waals surface area contributed by atoms with Gasteiger partial charge in [-0.15, -0.1) is 11.6 Å². The molecule has 2 amide bonds. The van der Waals surface area contributed by atoms with Crippen LogP contribution in [0.15, 0.2) is 35.3 Å². The van der Waals surface area contributed by atoms with E-state index in [0.29, 0.717) is 19.0 Å². The zero-order valence-corrected chi connectivity index (χ0v) is 11.8. The second kappa shape index (κ2) is 7.11. The Kier molecular flexibility index (Phi) is 5.18. The number of urea groups is 1.